The molecule has 0 spiro atoms. The minimum atomic E-state index is -0.359. The summed E-state index contributed by atoms with van der Waals surface area (Å²) in [5, 5.41) is 15.8. The molecule has 136 valence electrons. The number of anilines is 1. The number of carbonyl (C=O) groups excluding carboxylic acids is 1. The molecule has 0 aliphatic heterocycles. The maximum atomic E-state index is 13.0. The van der Waals surface area contributed by atoms with E-state index < -0.39 is 0 Å². The van der Waals surface area contributed by atoms with Gasteiger partial charge in [-0.3, -0.25) is 10.1 Å². The number of fused-ring (bicyclic) bond motifs is 1. The molecule has 5 aromatic rings. The molecule has 4 aromatic heterocycles. The van der Waals surface area contributed by atoms with Crippen LogP contribution >= 0.6 is 11.3 Å². The Balaban J connectivity index is 1.71. The molecule has 0 saturated heterocycles. The summed E-state index contributed by atoms with van der Waals surface area (Å²) in [5.74, 6) is -0.104. The Labute approximate surface area is 162 Å². The van der Waals surface area contributed by atoms with Gasteiger partial charge < -0.3 is 4.52 Å². The summed E-state index contributed by atoms with van der Waals surface area (Å²) < 4.78 is 5.50. The fraction of sp³-hybridized carbons (Fsp3) is 0. The van der Waals surface area contributed by atoms with Crippen LogP contribution in [0, 0.1) is 0 Å². The standard InChI is InChI=1S/C19H12N6O2S/c26-17(23-19-20-10-21-24-19)12-9-13(14-7-4-8-28-14)22-18-15(12)16(25-27-18)11-5-2-1-3-6-11/h1-10H,(H2,20,21,23,24,26). The first kappa shape index (κ1) is 16.3. The van der Waals surface area contributed by atoms with Gasteiger partial charge in [0, 0.05) is 5.56 Å². The van der Waals surface area contributed by atoms with E-state index in [1.807, 2.05) is 47.8 Å². The van der Waals surface area contributed by atoms with Crippen molar-refractivity contribution in [2.24, 2.45) is 0 Å². The predicted octanol–water partition coefficient (Wildman–Crippen LogP) is 3.99. The summed E-state index contributed by atoms with van der Waals surface area (Å²) in [7, 11) is 0. The Morgan fingerprint density at radius 1 is 1.14 bits per heavy atom. The maximum Gasteiger partial charge on any atom is 0.259 e. The molecule has 1 amide bonds. The number of carbonyl (C=O) groups is 1. The van der Waals surface area contributed by atoms with Crippen LogP contribution in [0.3, 0.4) is 0 Å². The number of hydrogen-bond donors (Lipinski definition) is 2. The summed E-state index contributed by atoms with van der Waals surface area (Å²) in [5.41, 5.74) is 2.72. The summed E-state index contributed by atoms with van der Waals surface area (Å²) in [6.07, 6.45) is 1.32. The first-order chi connectivity index (χ1) is 13.8. The molecule has 2 N–H and O–H groups in total. The number of pyridine rings is 1. The van der Waals surface area contributed by atoms with Crippen molar-refractivity contribution >= 4 is 34.3 Å². The molecule has 28 heavy (non-hydrogen) atoms. The second-order valence-electron chi connectivity index (χ2n) is 5.90. The fourth-order valence-electron chi connectivity index (χ4n) is 2.91. The number of aromatic nitrogens is 5. The largest absolute Gasteiger partial charge is 0.335 e. The first-order valence-corrected chi connectivity index (χ1v) is 9.24. The van der Waals surface area contributed by atoms with Gasteiger partial charge >= 0.3 is 0 Å². The molecule has 5 rings (SSSR count). The van der Waals surface area contributed by atoms with Crippen LogP contribution in [0.5, 0.6) is 0 Å². The number of thiophene rings is 1. The SMILES string of the molecule is O=C(Nc1ncn[nH]1)c1cc(-c2cccs2)nc2onc(-c3ccccc3)c12. The zero-order valence-corrected chi connectivity index (χ0v) is 15.1. The van der Waals surface area contributed by atoms with Crippen LogP contribution in [-0.4, -0.2) is 31.2 Å². The molecule has 0 fully saturated rings. The van der Waals surface area contributed by atoms with Gasteiger partial charge in [0.15, 0.2) is 0 Å². The van der Waals surface area contributed by atoms with E-state index in [9.17, 15) is 4.79 Å². The van der Waals surface area contributed by atoms with Crippen LogP contribution in [0.4, 0.5) is 5.95 Å². The van der Waals surface area contributed by atoms with Crippen LogP contribution in [0.2, 0.25) is 0 Å². The molecule has 9 heteroatoms. The first-order valence-electron chi connectivity index (χ1n) is 8.36. The second-order valence-corrected chi connectivity index (χ2v) is 6.85. The molecule has 0 saturated carbocycles. The zero-order chi connectivity index (χ0) is 18.9. The van der Waals surface area contributed by atoms with Crippen LogP contribution < -0.4 is 5.32 Å². The van der Waals surface area contributed by atoms with E-state index in [0.29, 0.717) is 28.1 Å². The highest BCUT2D eigenvalue weighted by Crippen LogP contribution is 2.34. The Hall–Kier alpha value is -3.85. The Morgan fingerprint density at radius 3 is 2.79 bits per heavy atom. The van der Waals surface area contributed by atoms with Gasteiger partial charge in [-0.2, -0.15) is 10.1 Å². The number of amides is 1. The molecule has 0 atom stereocenters. The van der Waals surface area contributed by atoms with Gasteiger partial charge in [-0.1, -0.05) is 41.6 Å². The summed E-state index contributed by atoms with van der Waals surface area (Å²) >= 11 is 1.53. The molecule has 0 bridgehead atoms. The topological polar surface area (TPSA) is 110 Å². The fourth-order valence-corrected chi connectivity index (χ4v) is 3.60. The summed E-state index contributed by atoms with van der Waals surface area (Å²) in [6, 6.07) is 15.1. The number of rotatable bonds is 4. The van der Waals surface area contributed by atoms with Gasteiger partial charge in [-0.15, -0.1) is 11.3 Å². The number of hydrogen-bond acceptors (Lipinski definition) is 7. The van der Waals surface area contributed by atoms with Crippen molar-refractivity contribution in [1.29, 1.82) is 0 Å². The lowest BCUT2D eigenvalue weighted by atomic mass is 10.0. The normalized spacial score (nSPS) is 11.0. The van der Waals surface area contributed by atoms with Crippen molar-refractivity contribution < 1.29 is 9.32 Å². The van der Waals surface area contributed by atoms with Crippen LogP contribution in [0.15, 0.2) is 64.8 Å². The van der Waals surface area contributed by atoms with E-state index in [0.717, 1.165) is 10.4 Å². The molecule has 1 aromatic carbocycles. The van der Waals surface area contributed by atoms with Crippen LogP contribution in [0.1, 0.15) is 10.4 Å². The maximum absolute atomic E-state index is 13.0. The monoisotopic (exact) mass is 388 g/mol. The van der Waals surface area contributed by atoms with E-state index in [-0.39, 0.29) is 11.9 Å². The highest BCUT2D eigenvalue weighted by molar-refractivity contribution is 7.13. The van der Waals surface area contributed by atoms with Crippen molar-refractivity contribution in [1.82, 2.24) is 25.3 Å². The number of nitrogens with one attached hydrogen (secondary N) is 2. The number of nitrogens with zero attached hydrogens (tertiary/aromatic N) is 4. The van der Waals surface area contributed by atoms with E-state index in [1.54, 1.807) is 6.07 Å². The van der Waals surface area contributed by atoms with Crippen LogP contribution in [-0.2, 0) is 0 Å². The Morgan fingerprint density at radius 2 is 2.04 bits per heavy atom. The Kier molecular flexibility index (Phi) is 3.91. The minimum Gasteiger partial charge on any atom is -0.335 e. The molecule has 4 heterocycles. The lowest BCUT2D eigenvalue weighted by molar-refractivity contribution is 0.102. The number of aromatic amines is 1. The predicted molar refractivity (Wildman–Crippen MR) is 105 cm³/mol. The van der Waals surface area contributed by atoms with Crippen molar-refractivity contribution in [3.63, 3.8) is 0 Å². The highest BCUT2D eigenvalue weighted by Gasteiger charge is 2.22. The quantitative estimate of drug-likeness (QED) is 0.482. The second kappa shape index (κ2) is 6.71. The third kappa shape index (κ3) is 2.83. The van der Waals surface area contributed by atoms with Crippen LogP contribution in [0.25, 0.3) is 32.9 Å². The van der Waals surface area contributed by atoms with E-state index in [1.165, 1.54) is 17.7 Å². The average molecular weight is 388 g/mol. The molecular weight excluding hydrogens is 376 g/mol. The molecular formula is C19H12N6O2S. The lowest BCUT2D eigenvalue weighted by Crippen LogP contribution is -2.14. The third-order valence-corrected chi connectivity index (χ3v) is 5.05. The average Bonchev–Trinajstić information content (AvgIpc) is 3.49. The molecule has 0 radical (unpaired) electrons. The smallest absolute Gasteiger partial charge is 0.259 e. The number of benzene rings is 1. The summed E-state index contributed by atoms with van der Waals surface area (Å²) in [4.78, 5) is 22.5. The third-order valence-electron chi connectivity index (χ3n) is 4.16. The molecule has 0 unspecified atom stereocenters. The van der Waals surface area contributed by atoms with Gasteiger partial charge in [-0.25, -0.2) is 10.1 Å². The Bertz CT molecular complexity index is 1250. The van der Waals surface area contributed by atoms with Gasteiger partial charge in [-0.05, 0) is 17.5 Å². The van der Waals surface area contributed by atoms with Crippen molar-refractivity contribution in [3.8, 4) is 21.8 Å². The van der Waals surface area contributed by atoms with Crippen molar-refractivity contribution in [2.45, 2.75) is 0 Å². The minimum absolute atomic E-state index is 0.255. The number of H-pyrrole nitrogens is 1. The van der Waals surface area contributed by atoms with Crippen molar-refractivity contribution in [2.75, 3.05) is 5.32 Å². The van der Waals surface area contributed by atoms with Gasteiger partial charge in [0.2, 0.25) is 5.95 Å². The highest BCUT2D eigenvalue weighted by atomic mass is 32.1. The zero-order valence-electron chi connectivity index (χ0n) is 14.3. The van der Waals surface area contributed by atoms with Gasteiger partial charge in [0.1, 0.15) is 12.0 Å². The lowest BCUT2D eigenvalue weighted by Gasteiger charge is -2.06. The molecule has 8 nitrogen and oxygen atoms in total. The van der Waals surface area contributed by atoms with E-state index in [2.05, 4.69) is 30.6 Å². The van der Waals surface area contributed by atoms with E-state index >= 15 is 0 Å². The molecule has 0 aliphatic carbocycles. The van der Waals surface area contributed by atoms with Crippen molar-refractivity contribution in [3.05, 3.63) is 65.8 Å². The summed E-state index contributed by atoms with van der Waals surface area (Å²) in [6.45, 7) is 0. The molecule has 0 aliphatic rings. The van der Waals surface area contributed by atoms with Gasteiger partial charge in [0.05, 0.1) is 21.5 Å². The van der Waals surface area contributed by atoms with E-state index in [4.69, 9.17) is 4.52 Å². The van der Waals surface area contributed by atoms with Gasteiger partial charge in [0.25, 0.3) is 11.6 Å².